The van der Waals surface area contributed by atoms with E-state index < -0.39 is 0 Å². The first-order valence-electron chi connectivity index (χ1n) is 4.26. The molecule has 1 saturated carbocycles. The van der Waals surface area contributed by atoms with E-state index >= 15 is 0 Å². The summed E-state index contributed by atoms with van der Waals surface area (Å²) in [6, 6.07) is 0. The highest BCUT2D eigenvalue weighted by Crippen LogP contribution is 2.36. The summed E-state index contributed by atoms with van der Waals surface area (Å²) in [7, 11) is 0. The molecule has 1 fully saturated rings. The van der Waals surface area contributed by atoms with Gasteiger partial charge in [0.1, 0.15) is 0 Å². The maximum atomic E-state index is 2.30. The molecule has 0 saturated heterocycles. The summed E-state index contributed by atoms with van der Waals surface area (Å²) >= 11 is 0. The zero-order valence-electron chi connectivity index (χ0n) is 7.57. The van der Waals surface area contributed by atoms with E-state index in [0.29, 0.717) is 0 Å². The van der Waals surface area contributed by atoms with Gasteiger partial charge in [-0.1, -0.05) is 25.0 Å². The molecule has 58 valence electrons. The van der Waals surface area contributed by atoms with Gasteiger partial charge in [-0.25, -0.2) is 0 Å². The second kappa shape index (κ2) is 2.77. The van der Waals surface area contributed by atoms with Crippen molar-refractivity contribution < 1.29 is 0 Å². The van der Waals surface area contributed by atoms with Crippen molar-refractivity contribution in [2.24, 2.45) is 11.8 Å². The van der Waals surface area contributed by atoms with Gasteiger partial charge in [0.2, 0.25) is 0 Å². The van der Waals surface area contributed by atoms with Gasteiger partial charge in [0, 0.05) is 0 Å². The maximum Gasteiger partial charge on any atom is -0.0109 e. The van der Waals surface area contributed by atoms with E-state index in [1.807, 2.05) is 0 Å². The van der Waals surface area contributed by atoms with Crippen molar-refractivity contribution in [2.75, 3.05) is 0 Å². The lowest BCUT2D eigenvalue weighted by Crippen LogP contribution is -1.58. The first kappa shape index (κ1) is 7.84. The van der Waals surface area contributed by atoms with Crippen molar-refractivity contribution in [3.8, 4) is 0 Å². The van der Waals surface area contributed by atoms with Gasteiger partial charge in [0.15, 0.2) is 0 Å². The van der Waals surface area contributed by atoms with Crippen LogP contribution in [0.5, 0.6) is 0 Å². The number of allylic oxidation sites excluding steroid dienone is 2. The van der Waals surface area contributed by atoms with Gasteiger partial charge in [-0.2, -0.15) is 0 Å². The molecule has 0 N–H and O–H groups in total. The molecule has 0 radical (unpaired) electrons. The maximum absolute atomic E-state index is 2.30. The van der Waals surface area contributed by atoms with Crippen molar-refractivity contribution in [1.29, 1.82) is 0 Å². The van der Waals surface area contributed by atoms with E-state index in [4.69, 9.17) is 0 Å². The minimum atomic E-state index is 1.05. The highest BCUT2D eigenvalue weighted by Gasteiger charge is 2.26. The zero-order valence-corrected chi connectivity index (χ0v) is 7.57. The molecule has 0 amide bonds. The van der Waals surface area contributed by atoms with Gasteiger partial charge in [-0.15, -0.1) is 0 Å². The SMILES string of the molecule is CC1=C(C)C1.CC1CC1C. The van der Waals surface area contributed by atoms with E-state index in [1.165, 1.54) is 12.8 Å². The van der Waals surface area contributed by atoms with E-state index in [0.717, 1.165) is 11.8 Å². The van der Waals surface area contributed by atoms with Crippen molar-refractivity contribution in [1.82, 2.24) is 0 Å². The van der Waals surface area contributed by atoms with Crippen LogP contribution in [0, 0.1) is 11.8 Å². The van der Waals surface area contributed by atoms with E-state index in [-0.39, 0.29) is 0 Å². The van der Waals surface area contributed by atoms with Crippen LogP contribution in [0.1, 0.15) is 40.5 Å². The molecule has 10 heavy (non-hydrogen) atoms. The third kappa shape index (κ3) is 2.55. The second-order valence-electron chi connectivity index (χ2n) is 3.93. The van der Waals surface area contributed by atoms with Crippen molar-refractivity contribution in [3.05, 3.63) is 11.1 Å². The van der Waals surface area contributed by atoms with Crippen LogP contribution in [0.2, 0.25) is 0 Å². The minimum Gasteiger partial charge on any atom is -0.0700 e. The molecule has 0 bridgehead atoms. The van der Waals surface area contributed by atoms with Gasteiger partial charge < -0.3 is 0 Å². The Balaban J connectivity index is 0.0000001000. The highest BCUT2D eigenvalue weighted by atomic mass is 14.3. The van der Waals surface area contributed by atoms with Crippen LogP contribution in [0.25, 0.3) is 0 Å². The van der Waals surface area contributed by atoms with Gasteiger partial charge >= 0.3 is 0 Å². The third-order valence-electron chi connectivity index (χ3n) is 2.65. The molecule has 0 aromatic heterocycles. The predicted octanol–water partition coefficient (Wildman–Crippen LogP) is 3.39. The zero-order chi connectivity index (χ0) is 7.72. The van der Waals surface area contributed by atoms with Crippen LogP contribution in [0.3, 0.4) is 0 Å². The first-order valence-corrected chi connectivity index (χ1v) is 4.26. The van der Waals surface area contributed by atoms with Gasteiger partial charge in [0.25, 0.3) is 0 Å². The van der Waals surface area contributed by atoms with E-state index in [1.54, 1.807) is 11.1 Å². The van der Waals surface area contributed by atoms with Crippen LogP contribution in [0.15, 0.2) is 11.1 Å². The number of hydrogen-bond donors (Lipinski definition) is 0. The lowest BCUT2D eigenvalue weighted by Gasteiger charge is -1.66. The summed E-state index contributed by atoms with van der Waals surface area (Å²) in [5, 5.41) is 0. The Kier molecular flexibility index (Phi) is 2.18. The molecule has 2 atom stereocenters. The van der Waals surface area contributed by atoms with Crippen LogP contribution < -0.4 is 0 Å². The summed E-state index contributed by atoms with van der Waals surface area (Å²) in [5.74, 6) is 2.10. The Morgan fingerprint density at radius 2 is 1.20 bits per heavy atom. The molecule has 2 unspecified atom stereocenters. The summed E-state index contributed by atoms with van der Waals surface area (Å²) in [5.41, 5.74) is 3.18. The topological polar surface area (TPSA) is 0 Å². The monoisotopic (exact) mass is 138 g/mol. The van der Waals surface area contributed by atoms with Crippen molar-refractivity contribution >= 4 is 0 Å². The average Bonchev–Trinajstić information content (AvgIpc) is 2.62. The van der Waals surface area contributed by atoms with E-state index in [9.17, 15) is 0 Å². The Morgan fingerprint density at radius 1 is 1.00 bits per heavy atom. The molecule has 0 aromatic carbocycles. The smallest absolute Gasteiger partial charge is 0.0109 e. The molecular weight excluding hydrogens is 120 g/mol. The fourth-order valence-corrected chi connectivity index (χ4v) is 0.861. The summed E-state index contributed by atoms with van der Waals surface area (Å²) in [6.07, 6.45) is 2.78. The van der Waals surface area contributed by atoms with Gasteiger partial charge in [0.05, 0.1) is 0 Å². The lowest BCUT2D eigenvalue weighted by atomic mass is 10.4. The fraction of sp³-hybridized carbons (Fsp3) is 0.800. The summed E-state index contributed by atoms with van der Waals surface area (Å²) < 4.78 is 0. The highest BCUT2D eigenvalue weighted by molar-refractivity contribution is 5.30. The molecule has 2 rings (SSSR count). The normalized spacial score (nSPS) is 34.8. The molecule has 0 heteroatoms. The molecule has 0 heterocycles. The Labute approximate surface area is 64.3 Å². The molecule has 2 aliphatic carbocycles. The first-order chi connectivity index (χ1) is 4.61. The van der Waals surface area contributed by atoms with Crippen molar-refractivity contribution in [2.45, 2.75) is 40.5 Å². The number of rotatable bonds is 0. The summed E-state index contributed by atoms with van der Waals surface area (Å²) in [6.45, 7) is 8.94. The second-order valence-corrected chi connectivity index (χ2v) is 3.93. The fourth-order valence-electron chi connectivity index (χ4n) is 0.861. The van der Waals surface area contributed by atoms with Gasteiger partial charge in [-0.3, -0.25) is 0 Å². The van der Waals surface area contributed by atoms with Gasteiger partial charge in [-0.05, 0) is 38.5 Å². The molecular formula is C10H18. The van der Waals surface area contributed by atoms with Crippen LogP contribution in [-0.4, -0.2) is 0 Å². The molecule has 0 aliphatic heterocycles. The average molecular weight is 138 g/mol. The Hall–Kier alpha value is -0.260. The molecule has 0 spiro atoms. The summed E-state index contributed by atoms with van der Waals surface area (Å²) in [4.78, 5) is 0. The molecule has 0 nitrogen and oxygen atoms in total. The number of hydrogen-bond acceptors (Lipinski definition) is 0. The largest absolute Gasteiger partial charge is 0.0700 e. The third-order valence-corrected chi connectivity index (χ3v) is 2.65. The Morgan fingerprint density at radius 3 is 1.20 bits per heavy atom. The standard InChI is InChI=1S/C5H10.C5H8/c2*1-4-3-5(4)2/h4-5H,3H2,1-2H3;3H2,1-2H3. The van der Waals surface area contributed by atoms with E-state index in [2.05, 4.69) is 27.7 Å². The van der Waals surface area contributed by atoms with Crippen LogP contribution >= 0.6 is 0 Å². The quantitative estimate of drug-likeness (QED) is 0.450. The minimum absolute atomic E-state index is 1.05. The Bertz CT molecular complexity index is 137. The van der Waals surface area contributed by atoms with Crippen LogP contribution in [-0.2, 0) is 0 Å². The lowest BCUT2D eigenvalue weighted by molar-refractivity contribution is 0.834. The van der Waals surface area contributed by atoms with Crippen LogP contribution in [0.4, 0.5) is 0 Å². The molecule has 2 aliphatic rings. The predicted molar refractivity (Wildman–Crippen MR) is 45.9 cm³/mol. The van der Waals surface area contributed by atoms with Crippen molar-refractivity contribution in [3.63, 3.8) is 0 Å². The molecule has 0 aromatic rings.